The Kier molecular flexibility index (Phi) is 5.23. The smallest absolute Gasteiger partial charge is 0.262 e. The van der Waals surface area contributed by atoms with Crippen molar-refractivity contribution in [1.82, 2.24) is 15.5 Å². The first-order valence-electron chi connectivity index (χ1n) is 10.2. The highest BCUT2D eigenvalue weighted by Crippen LogP contribution is 2.42. The van der Waals surface area contributed by atoms with Gasteiger partial charge in [-0.05, 0) is 55.8 Å². The molecule has 154 valence electrons. The highest BCUT2D eigenvalue weighted by atomic mass is 16.2. The van der Waals surface area contributed by atoms with E-state index in [2.05, 4.69) is 10.6 Å². The Morgan fingerprint density at radius 1 is 1.17 bits per heavy atom. The number of fused-ring (bicyclic) bond motifs is 1. The monoisotopic (exact) mass is 398 g/mol. The highest BCUT2D eigenvalue weighted by molar-refractivity contribution is 6.24. The fourth-order valence-corrected chi connectivity index (χ4v) is 4.54. The minimum Gasteiger partial charge on any atom is -0.330 e. The second kappa shape index (κ2) is 7.68. The van der Waals surface area contributed by atoms with Crippen LogP contribution in [0.3, 0.4) is 0 Å². The lowest BCUT2D eigenvalue weighted by atomic mass is 9.67. The zero-order valence-electron chi connectivity index (χ0n) is 16.3. The summed E-state index contributed by atoms with van der Waals surface area (Å²) in [6, 6.07) is 4.25. The van der Waals surface area contributed by atoms with Gasteiger partial charge in [0.05, 0.1) is 11.1 Å². The molecular formula is C21H26N4O4. The van der Waals surface area contributed by atoms with Crippen molar-refractivity contribution < 1.29 is 19.2 Å². The summed E-state index contributed by atoms with van der Waals surface area (Å²) in [7, 11) is 0. The van der Waals surface area contributed by atoms with E-state index < -0.39 is 23.8 Å². The molecule has 0 bridgehead atoms. The van der Waals surface area contributed by atoms with E-state index in [-0.39, 0.29) is 24.2 Å². The van der Waals surface area contributed by atoms with Gasteiger partial charge in [0, 0.05) is 13.0 Å². The van der Waals surface area contributed by atoms with Gasteiger partial charge in [0.25, 0.3) is 11.8 Å². The number of hydrogen-bond donors (Lipinski definition) is 3. The van der Waals surface area contributed by atoms with E-state index in [1.807, 2.05) is 6.07 Å². The van der Waals surface area contributed by atoms with E-state index in [0.29, 0.717) is 24.2 Å². The van der Waals surface area contributed by atoms with Crippen molar-refractivity contribution in [1.29, 1.82) is 0 Å². The number of imide groups is 2. The molecule has 2 aliphatic heterocycles. The summed E-state index contributed by atoms with van der Waals surface area (Å²) in [5.74, 6) is -1.91. The van der Waals surface area contributed by atoms with Gasteiger partial charge in [0.15, 0.2) is 0 Å². The molecule has 0 aromatic heterocycles. The largest absolute Gasteiger partial charge is 0.330 e. The second-order valence-electron chi connectivity index (χ2n) is 8.27. The molecular weight excluding hydrogens is 372 g/mol. The van der Waals surface area contributed by atoms with Crippen LogP contribution in [0.5, 0.6) is 0 Å². The van der Waals surface area contributed by atoms with Gasteiger partial charge >= 0.3 is 0 Å². The van der Waals surface area contributed by atoms with Gasteiger partial charge in [-0.1, -0.05) is 18.6 Å². The van der Waals surface area contributed by atoms with Crippen molar-refractivity contribution in [3.8, 4) is 0 Å². The summed E-state index contributed by atoms with van der Waals surface area (Å²) in [5.41, 5.74) is 7.57. The molecule has 1 atom stereocenters. The molecule has 4 N–H and O–H groups in total. The predicted octanol–water partition coefficient (Wildman–Crippen LogP) is 0.696. The van der Waals surface area contributed by atoms with Crippen LogP contribution in [0.1, 0.15) is 64.8 Å². The maximum absolute atomic E-state index is 13.0. The van der Waals surface area contributed by atoms with E-state index in [9.17, 15) is 19.2 Å². The first kappa shape index (κ1) is 19.7. The normalized spacial score (nSPS) is 23.1. The molecule has 2 fully saturated rings. The van der Waals surface area contributed by atoms with Crippen molar-refractivity contribution in [2.24, 2.45) is 11.1 Å². The first-order chi connectivity index (χ1) is 14.0. The minimum absolute atomic E-state index is 0.112. The van der Waals surface area contributed by atoms with Crippen molar-refractivity contribution in [2.75, 3.05) is 13.1 Å². The molecule has 1 aliphatic carbocycles. The number of carbonyl (C=O) groups excluding carboxylic acids is 4. The quantitative estimate of drug-likeness (QED) is 0.459. The van der Waals surface area contributed by atoms with Crippen molar-refractivity contribution >= 4 is 23.6 Å². The van der Waals surface area contributed by atoms with Crippen LogP contribution in [-0.2, 0) is 16.1 Å². The van der Waals surface area contributed by atoms with Crippen LogP contribution < -0.4 is 16.4 Å². The summed E-state index contributed by atoms with van der Waals surface area (Å²) in [6.07, 6.45) is 4.83. The molecule has 29 heavy (non-hydrogen) atoms. The Bertz CT molecular complexity index is 872. The fourth-order valence-electron chi connectivity index (χ4n) is 4.54. The van der Waals surface area contributed by atoms with Gasteiger partial charge < -0.3 is 11.1 Å². The van der Waals surface area contributed by atoms with E-state index in [1.165, 1.54) is 19.3 Å². The van der Waals surface area contributed by atoms with Gasteiger partial charge in [-0.25, -0.2) is 0 Å². The van der Waals surface area contributed by atoms with E-state index in [4.69, 9.17) is 5.73 Å². The van der Waals surface area contributed by atoms with Crippen molar-refractivity contribution in [3.05, 3.63) is 34.9 Å². The maximum atomic E-state index is 13.0. The second-order valence-corrected chi connectivity index (χ2v) is 8.27. The van der Waals surface area contributed by atoms with Crippen molar-refractivity contribution in [3.63, 3.8) is 0 Å². The Hall–Kier alpha value is -2.58. The standard InChI is InChI=1S/C21H26N4O4/c22-12-21(7-2-8-21)9-10-23-11-13-3-1-4-14-17(13)20(29)25(19(14)28)15-5-6-16(26)24-18(15)27/h1,3-4,15,23H,2,5-12,22H2,(H,24,26,27). The minimum atomic E-state index is -0.941. The molecule has 4 rings (SSSR count). The number of benzene rings is 1. The number of nitrogens with zero attached hydrogens (tertiary/aromatic N) is 1. The van der Waals surface area contributed by atoms with Crippen LogP contribution in [0.15, 0.2) is 18.2 Å². The van der Waals surface area contributed by atoms with Crippen molar-refractivity contribution in [2.45, 2.75) is 51.1 Å². The number of nitrogens with one attached hydrogen (secondary N) is 2. The first-order valence-corrected chi connectivity index (χ1v) is 10.2. The number of nitrogens with two attached hydrogens (primary N) is 1. The lowest BCUT2D eigenvalue weighted by Gasteiger charge is -2.41. The molecule has 3 aliphatic rings. The third kappa shape index (κ3) is 3.47. The number of piperidine rings is 1. The van der Waals surface area contributed by atoms with Gasteiger partial charge in [-0.3, -0.25) is 29.4 Å². The Morgan fingerprint density at radius 2 is 1.97 bits per heavy atom. The molecule has 0 radical (unpaired) electrons. The third-order valence-electron chi connectivity index (χ3n) is 6.55. The van der Waals surface area contributed by atoms with E-state index in [0.717, 1.165) is 23.4 Å². The summed E-state index contributed by atoms with van der Waals surface area (Å²) in [4.78, 5) is 50.5. The lowest BCUT2D eigenvalue weighted by Crippen LogP contribution is -2.54. The summed E-state index contributed by atoms with van der Waals surface area (Å²) < 4.78 is 0. The molecule has 1 unspecified atom stereocenters. The molecule has 8 heteroatoms. The van der Waals surface area contributed by atoms with Gasteiger partial charge in [0.2, 0.25) is 11.8 Å². The Labute approximate surface area is 169 Å². The predicted molar refractivity (Wildman–Crippen MR) is 105 cm³/mol. The zero-order chi connectivity index (χ0) is 20.6. The molecule has 4 amide bonds. The van der Waals surface area contributed by atoms with Crippen LogP contribution in [0.4, 0.5) is 0 Å². The molecule has 1 aromatic rings. The SMILES string of the molecule is NCC1(CCNCc2cccc3c2C(=O)N(C2CCC(=O)NC2=O)C3=O)CCC1. The molecule has 8 nitrogen and oxygen atoms in total. The molecule has 2 heterocycles. The topological polar surface area (TPSA) is 122 Å². The van der Waals surface area contributed by atoms with Crippen LogP contribution >= 0.6 is 0 Å². The number of carbonyl (C=O) groups is 4. The molecule has 1 saturated carbocycles. The molecule has 0 spiro atoms. The van der Waals surface area contributed by atoms with Crippen LogP contribution in [0, 0.1) is 5.41 Å². The number of rotatable bonds is 7. The summed E-state index contributed by atoms with van der Waals surface area (Å²) in [6.45, 7) is 1.95. The average molecular weight is 398 g/mol. The summed E-state index contributed by atoms with van der Waals surface area (Å²) in [5, 5.41) is 5.59. The van der Waals surface area contributed by atoms with Gasteiger partial charge in [-0.2, -0.15) is 0 Å². The molecule has 1 aromatic carbocycles. The van der Waals surface area contributed by atoms with Crippen LogP contribution in [0.2, 0.25) is 0 Å². The number of amides is 4. The Morgan fingerprint density at radius 3 is 2.62 bits per heavy atom. The maximum Gasteiger partial charge on any atom is 0.262 e. The van der Waals surface area contributed by atoms with Crippen LogP contribution in [0.25, 0.3) is 0 Å². The van der Waals surface area contributed by atoms with Gasteiger partial charge in [0.1, 0.15) is 6.04 Å². The lowest BCUT2D eigenvalue weighted by molar-refractivity contribution is -0.136. The Balaban J connectivity index is 1.46. The van der Waals surface area contributed by atoms with E-state index >= 15 is 0 Å². The average Bonchev–Trinajstić information content (AvgIpc) is 2.92. The van der Waals surface area contributed by atoms with Crippen LogP contribution in [-0.4, -0.2) is 47.7 Å². The van der Waals surface area contributed by atoms with E-state index in [1.54, 1.807) is 12.1 Å². The zero-order valence-corrected chi connectivity index (χ0v) is 16.3. The fraction of sp³-hybridized carbons (Fsp3) is 0.524. The highest BCUT2D eigenvalue weighted by Gasteiger charge is 2.45. The third-order valence-corrected chi connectivity index (χ3v) is 6.55. The summed E-state index contributed by atoms with van der Waals surface area (Å²) >= 11 is 0. The molecule has 1 saturated heterocycles. The van der Waals surface area contributed by atoms with Gasteiger partial charge in [-0.15, -0.1) is 0 Å². The number of hydrogen-bond acceptors (Lipinski definition) is 6.